The first-order valence-electron chi connectivity index (χ1n) is 8.32. The van der Waals surface area contributed by atoms with Crippen LogP contribution in [-0.2, 0) is 13.0 Å². The van der Waals surface area contributed by atoms with Gasteiger partial charge in [0.25, 0.3) is 11.5 Å². The lowest BCUT2D eigenvalue weighted by molar-refractivity contribution is 0.0718. The van der Waals surface area contributed by atoms with Crippen LogP contribution in [0, 0.1) is 0 Å². The Hall–Kier alpha value is -1.78. The van der Waals surface area contributed by atoms with Crippen LogP contribution in [0.2, 0.25) is 0 Å². The van der Waals surface area contributed by atoms with Gasteiger partial charge in [0, 0.05) is 31.4 Å². The molecule has 5 nitrogen and oxygen atoms in total. The molecular formula is C17H24N2O3. The average molecular weight is 304 g/mol. The molecule has 22 heavy (non-hydrogen) atoms. The minimum atomic E-state index is -0.0519. The van der Waals surface area contributed by atoms with Gasteiger partial charge in [0.05, 0.1) is 7.11 Å². The summed E-state index contributed by atoms with van der Waals surface area (Å²) in [6, 6.07) is 1.48. The molecule has 0 aliphatic carbocycles. The third-order valence-electron chi connectivity index (χ3n) is 4.75. The van der Waals surface area contributed by atoms with E-state index in [1.54, 1.807) is 4.57 Å². The molecular weight excluding hydrogens is 280 g/mol. The van der Waals surface area contributed by atoms with E-state index in [1.807, 2.05) is 4.90 Å². The molecule has 0 spiro atoms. The highest BCUT2D eigenvalue weighted by Gasteiger charge is 2.27. The molecule has 5 heteroatoms. The van der Waals surface area contributed by atoms with Crippen molar-refractivity contribution in [3.8, 4) is 5.75 Å². The molecule has 0 N–H and O–H groups in total. The maximum Gasteiger partial charge on any atom is 0.259 e. The number of amides is 1. The summed E-state index contributed by atoms with van der Waals surface area (Å²) in [6.45, 7) is 2.32. The molecule has 2 aliphatic heterocycles. The number of nitrogens with zero attached hydrogens (tertiary/aromatic N) is 2. The first-order chi connectivity index (χ1) is 10.7. The molecule has 2 aliphatic rings. The van der Waals surface area contributed by atoms with Crippen LogP contribution in [0.15, 0.2) is 10.9 Å². The zero-order valence-electron chi connectivity index (χ0n) is 13.3. The number of carbonyl (C=O) groups is 1. The Morgan fingerprint density at radius 1 is 1.05 bits per heavy atom. The summed E-state index contributed by atoms with van der Waals surface area (Å²) in [5.41, 5.74) is 1.44. The van der Waals surface area contributed by atoms with Crippen molar-refractivity contribution >= 4 is 5.91 Å². The Bertz CT molecular complexity index is 615. The third kappa shape index (κ3) is 2.76. The highest BCUT2D eigenvalue weighted by molar-refractivity contribution is 5.98. The fourth-order valence-corrected chi connectivity index (χ4v) is 3.56. The molecule has 0 unspecified atom stereocenters. The zero-order chi connectivity index (χ0) is 15.5. The highest BCUT2D eigenvalue weighted by atomic mass is 16.5. The molecule has 0 bridgehead atoms. The Kier molecular flexibility index (Phi) is 4.50. The first-order valence-corrected chi connectivity index (χ1v) is 8.32. The number of pyridine rings is 1. The van der Waals surface area contributed by atoms with Crippen molar-refractivity contribution in [2.45, 2.75) is 51.5 Å². The van der Waals surface area contributed by atoms with Gasteiger partial charge in [0.1, 0.15) is 11.3 Å². The number of likely N-dealkylation sites (tertiary alicyclic amines) is 1. The second kappa shape index (κ2) is 6.55. The summed E-state index contributed by atoms with van der Waals surface area (Å²) in [7, 11) is 1.54. The molecule has 1 aromatic heterocycles. The van der Waals surface area contributed by atoms with E-state index in [9.17, 15) is 9.59 Å². The quantitative estimate of drug-likeness (QED) is 0.842. The largest absolute Gasteiger partial charge is 0.496 e. The van der Waals surface area contributed by atoms with E-state index in [1.165, 1.54) is 19.6 Å². The fraction of sp³-hybridized carbons (Fsp3) is 0.647. The summed E-state index contributed by atoms with van der Waals surface area (Å²) in [4.78, 5) is 27.2. The second-order valence-corrected chi connectivity index (χ2v) is 6.19. The molecule has 1 amide bonds. The Morgan fingerprint density at radius 3 is 2.45 bits per heavy atom. The maximum absolute atomic E-state index is 13.0. The van der Waals surface area contributed by atoms with Gasteiger partial charge in [-0.3, -0.25) is 9.59 Å². The Labute approximate surface area is 130 Å². The minimum absolute atomic E-state index is 0.0298. The number of hydrogen-bond acceptors (Lipinski definition) is 3. The van der Waals surface area contributed by atoms with Gasteiger partial charge in [-0.25, -0.2) is 0 Å². The predicted octanol–water partition coefficient (Wildman–Crippen LogP) is 2.21. The van der Waals surface area contributed by atoms with Crippen molar-refractivity contribution in [3.05, 3.63) is 27.7 Å². The lowest BCUT2D eigenvalue weighted by Gasteiger charge is -2.28. The summed E-state index contributed by atoms with van der Waals surface area (Å²) in [5, 5.41) is 0. The van der Waals surface area contributed by atoms with E-state index >= 15 is 0 Å². The van der Waals surface area contributed by atoms with Crippen molar-refractivity contribution in [2.24, 2.45) is 0 Å². The number of fused-ring (bicyclic) bond motifs is 1. The molecule has 0 radical (unpaired) electrons. The molecule has 0 aromatic carbocycles. The average Bonchev–Trinajstić information content (AvgIpc) is 2.81. The van der Waals surface area contributed by atoms with Crippen molar-refractivity contribution in [1.82, 2.24) is 9.47 Å². The summed E-state index contributed by atoms with van der Waals surface area (Å²) in [6.07, 6.45) is 7.20. The number of rotatable bonds is 2. The molecule has 1 aromatic rings. The number of hydrogen-bond donors (Lipinski definition) is 0. The smallest absolute Gasteiger partial charge is 0.259 e. The van der Waals surface area contributed by atoms with Crippen LogP contribution in [0.25, 0.3) is 0 Å². The molecule has 120 valence electrons. The van der Waals surface area contributed by atoms with Gasteiger partial charge in [-0.1, -0.05) is 6.42 Å². The fourth-order valence-electron chi connectivity index (χ4n) is 3.56. The second-order valence-electron chi connectivity index (χ2n) is 6.19. The summed E-state index contributed by atoms with van der Waals surface area (Å²) in [5.74, 6) is 0.468. The van der Waals surface area contributed by atoms with Crippen molar-refractivity contribution < 1.29 is 9.53 Å². The minimum Gasteiger partial charge on any atom is -0.496 e. The number of methoxy groups -OCH3 is 1. The van der Waals surface area contributed by atoms with Gasteiger partial charge in [0.2, 0.25) is 0 Å². The van der Waals surface area contributed by atoms with Crippen LogP contribution in [0.1, 0.15) is 54.6 Å². The topological polar surface area (TPSA) is 51.5 Å². The number of ether oxygens (including phenoxy) is 1. The van der Waals surface area contributed by atoms with E-state index in [0.29, 0.717) is 17.9 Å². The van der Waals surface area contributed by atoms with E-state index < -0.39 is 0 Å². The standard InChI is InChI=1S/C17H24N2O3/c1-22-14-12-15(20)19-11-7-2-4-8-13(19)16(14)17(21)18-9-5-3-6-10-18/h12H,2-11H2,1H3. The zero-order valence-corrected chi connectivity index (χ0v) is 13.3. The highest BCUT2D eigenvalue weighted by Crippen LogP contribution is 2.27. The number of carbonyl (C=O) groups excluding carboxylic acids is 1. The predicted molar refractivity (Wildman–Crippen MR) is 84.6 cm³/mol. The number of aromatic nitrogens is 1. The monoisotopic (exact) mass is 304 g/mol. The van der Waals surface area contributed by atoms with Crippen molar-refractivity contribution in [2.75, 3.05) is 20.2 Å². The van der Waals surface area contributed by atoms with Gasteiger partial charge >= 0.3 is 0 Å². The maximum atomic E-state index is 13.0. The Morgan fingerprint density at radius 2 is 1.73 bits per heavy atom. The van der Waals surface area contributed by atoms with Crippen LogP contribution in [0.5, 0.6) is 5.75 Å². The van der Waals surface area contributed by atoms with Gasteiger partial charge in [-0.05, 0) is 38.5 Å². The molecule has 3 heterocycles. The van der Waals surface area contributed by atoms with Gasteiger partial charge in [-0.15, -0.1) is 0 Å². The molecule has 1 saturated heterocycles. The van der Waals surface area contributed by atoms with Crippen LogP contribution in [0.3, 0.4) is 0 Å². The molecule has 3 rings (SSSR count). The third-order valence-corrected chi connectivity index (χ3v) is 4.75. The normalized spacial score (nSPS) is 18.5. The van der Waals surface area contributed by atoms with Crippen LogP contribution >= 0.6 is 0 Å². The van der Waals surface area contributed by atoms with Gasteiger partial charge < -0.3 is 14.2 Å². The SMILES string of the molecule is COc1cc(=O)n2c(c1C(=O)N1CCCCC1)CCCCC2. The van der Waals surface area contributed by atoms with Crippen LogP contribution in [-0.4, -0.2) is 35.6 Å². The van der Waals surface area contributed by atoms with Gasteiger partial charge in [0.15, 0.2) is 0 Å². The van der Waals surface area contributed by atoms with Crippen LogP contribution in [0.4, 0.5) is 0 Å². The van der Waals surface area contributed by atoms with E-state index in [4.69, 9.17) is 4.74 Å². The van der Waals surface area contributed by atoms with E-state index in [-0.39, 0.29) is 11.5 Å². The molecule has 0 saturated carbocycles. The molecule has 0 atom stereocenters. The van der Waals surface area contributed by atoms with Gasteiger partial charge in [-0.2, -0.15) is 0 Å². The van der Waals surface area contributed by atoms with Crippen molar-refractivity contribution in [3.63, 3.8) is 0 Å². The van der Waals surface area contributed by atoms with E-state index in [0.717, 1.165) is 57.3 Å². The first kappa shape index (κ1) is 15.1. The van der Waals surface area contributed by atoms with Crippen molar-refractivity contribution in [1.29, 1.82) is 0 Å². The van der Waals surface area contributed by atoms with E-state index in [2.05, 4.69) is 0 Å². The Balaban J connectivity index is 2.08. The lowest BCUT2D eigenvalue weighted by atomic mass is 10.0. The van der Waals surface area contributed by atoms with Crippen LogP contribution < -0.4 is 10.3 Å². The summed E-state index contributed by atoms with van der Waals surface area (Å²) >= 11 is 0. The number of piperidine rings is 1. The lowest BCUT2D eigenvalue weighted by Crippen LogP contribution is -2.38. The molecule has 1 fully saturated rings. The summed E-state index contributed by atoms with van der Waals surface area (Å²) < 4.78 is 7.17.